The number of aromatic amines is 1. The van der Waals surface area contributed by atoms with E-state index in [1.54, 1.807) is 4.57 Å². The van der Waals surface area contributed by atoms with E-state index in [0.717, 1.165) is 35.8 Å². The van der Waals surface area contributed by atoms with Crippen LogP contribution in [0.3, 0.4) is 0 Å². The predicted octanol–water partition coefficient (Wildman–Crippen LogP) is 2.93. The average Bonchev–Trinajstić information content (AvgIpc) is 3.36. The van der Waals surface area contributed by atoms with Gasteiger partial charge in [0.1, 0.15) is 22.3 Å². The molecule has 1 saturated heterocycles. The minimum Gasteiger partial charge on any atom is -0.466 e. The largest absolute Gasteiger partial charge is 0.466 e. The molecule has 0 unspecified atom stereocenters. The Labute approximate surface area is 160 Å². The molecule has 1 N–H and O–H groups in total. The van der Waals surface area contributed by atoms with Crippen LogP contribution < -0.4 is 5.69 Å². The number of aromatic nitrogens is 3. The Kier molecular flexibility index (Phi) is 4.73. The second-order valence-corrected chi connectivity index (χ2v) is 7.92. The van der Waals surface area contributed by atoms with Crippen molar-refractivity contribution in [2.75, 3.05) is 13.1 Å². The minimum atomic E-state index is -0.203. The van der Waals surface area contributed by atoms with Crippen molar-refractivity contribution in [3.8, 4) is 5.00 Å². The number of hydrogen-bond acceptors (Lipinski definition) is 5. The van der Waals surface area contributed by atoms with Gasteiger partial charge in [-0.15, -0.1) is 11.3 Å². The number of nitrogens with zero attached hydrogens (tertiary/aromatic N) is 3. The number of thiophene rings is 1. The second kappa shape index (κ2) is 7.19. The fraction of sp³-hybridized carbons (Fsp3) is 0.421. The van der Waals surface area contributed by atoms with Gasteiger partial charge in [0.05, 0.1) is 5.56 Å². The van der Waals surface area contributed by atoms with Crippen LogP contribution in [-0.2, 0) is 6.42 Å². The van der Waals surface area contributed by atoms with Gasteiger partial charge in [-0.3, -0.25) is 4.79 Å². The number of carbonyl (C=O) groups excluding carboxylic acids is 1. The lowest BCUT2D eigenvalue weighted by molar-refractivity contribution is 0.0688. The number of aryl methyl sites for hydroxylation is 2. The van der Waals surface area contributed by atoms with E-state index in [0.29, 0.717) is 30.3 Å². The number of amides is 1. The quantitative estimate of drug-likeness (QED) is 0.747. The SMILES string of the molecule is Cc1cc(C(=O)N2CCC(Cc3n[nH]c(=O)n3-c3cccs3)CC2)c(C)o1. The van der Waals surface area contributed by atoms with Crippen molar-refractivity contribution in [1.29, 1.82) is 0 Å². The van der Waals surface area contributed by atoms with Crippen LogP contribution in [0.2, 0.25) is 0 Å². The third-order valence-corrected chi connectivity index (χ3v) is 5.97. The van der Waals surface area contributed by atoms with Crippen LogP contribution in [0.5, 0.6) is 0 Å². The highest BCUT2D eigenvalue weighted by Gasteiger charge is 2.27. The molecule has 0 radical (unpaired) electrons. The Bertz CT molecular complexity index is 991. The van der Waals surface area contributed by atoms with E-state index in [4.69, 9.17) is 4.42 Å². The zero-order chi connectivity index (χ0) is 19.0. The predicted molar refractivity (Wildman–Crippen MR) is 103 cm³/mol. The summed E-state index contributed by atoms with van der Waals surface area (Å²) >= 11 is 1.52. The van der Waals surface area contributed by atoms with Gasteiger partial charge in [-0.1, -0.05) is 0 Å². The standard InChI is InChI=1S/C19H22N4O3S/c1-12-10-15(13(2)26-12)18(24)22-7-5-14(6-8-22)11-16-20-21-19(25)23(16)17-4-3-9-27-17/h3-4,9-10,14H,5-8,11H2,1-2H3,(H,21,25). The van der Waals surface area contributed by atoms with Gasteiger partial charge in [0, 0.05) is 19.5 Å². The van der Waals surface area contributed by atoms with E-state index < -0.39 is 0 Å². The first-order valence-corrected chi connectivity index (χ1v) is 9.97. The Balaban J connectivity index is 1.42. The van der Waals surface area contributed by atoms with Gasteiger partial charge in [0.15, 0.2) is 0 Å². The van der Waals surface area contributed by atoms with Crippen LogP contribution in [0.25, 0.3) is 5.00 Å². The van der Waals surface area contributed by atoms with Crippen LogP contribution in [-0.4, -0.2) is 38.7 Å². The van der Waals surface area contributed by atoms with Gasteiger partial charge >= 0.3 is 5.69 Å². The number of likely N-dealkylation sites (tertiary alicyclic amines) is 1. The summed E-state index contributed by atoms with van der Waals surface area (Å²) in [6.07, 6.45) is 2.52. The molecule has 1 aliphatic rings. The van der Waals surface area contributed by atoms with E-state index in [2.05, 4.69) is 10.2 Å². The minimum absolute atomic E-state index is 0.0399. The third kappa shape index (κ3) is 3.49. The van der Waals surface area contributed by atoms with Crippen LogP contribution in [0.4, 0.5) is 0 Å². The highest BCUT2D eigenvalue weighted by molar-refractivity contribution is 7.12. The van der Waals surface area contributed by atoms with Crippen molar-refractivity contribution in [3.05, 3.63) is 57.0 Å². The summed E-state index contributed by atoms with van der Waals surface area (Å²) in [6.45, 7) is 5.10. The number of carbonyl (C=O) groups is 1. The molecule has 0 spiro atoms. The zero-order valence-corrected chi connectivity index (χ0v) is 16.2. The van der Waals surface area contributed by atoms with Gasteiger partial charge in [-0.2, -0.15) is 5.10 Å². The number of H-pyrrole nitrogens is 1. The van der Waals surface area contributed by atoms with E-state index in [9.17, 15) is 9.59 Å². The highest BCUT2D eigenvalue weighted by Crippen LogP contribution is 2.25. The fourth-order valence-corrected chi connectivity index (χ4v) is 4.45. The Hall–Kier alpha value is -2.61. The maximum atomic E-state index is 12.7. The van der Waals surface area contributed by atoms with Gasteiger partial charge < -0.3 is 9.32 Å². The summed E-state index contributed by atoms with van der Waals surface area (Å²) in [5.41, 5.74) is 0.454. The molecule has 4 rings (SSSR count). The molecule has 7 nitrogen and oxygen atoms in total. The van der Waals surface area contributed by atoms with Crippen molar-refractivity contribution in [3.63, 3.8) is 0 Å². The molecule has 0 bridgehead atoms. The maximum Gasteiger partial charge on any atom is 0.348 e. The van der Waals surface area contributed by atoms with Gasteiger partial charge in [-0.25, -0.2) is 14.5 Å². The normalized spacial score (nSPS) is 15.4. The molecule has 4 heterocycles. The molecule has 0 atom stereocenters. The zero-order valence-electron chi connectivity index (χ0n) is 15.4. The first-order valence-electron chi connectivity index (χ1n) is 9.09. The lowest BCUT2D eigenvalue weighted by Crippen LogP contribution is -2.39. The molecule has 142 valence electrons. The summed E-state index contributed by atoms with van der Waals surface area (Å²) in [5.74, 6) is 2.63. The summed E-state index contributed by atoms with van der Waals surface area (Å²) in [6, 6.07) is 5.65. The lowest BCUT2D eigenvalue weighted by Gasteiger charge is -2.31. The van der Waals surface area contributed by atoms with Gasteiger partial charge in [0.25, 0.3) is 5.91 Å². The summed E-state index contributed by atoms with van der Waals surface area (Å²) in [4.78, 5) is 26.7. The summed E-state index contributed by atoms with van der Waals surface area (Å²) in [7, 11) is 0. The molecule has 27 heavy (non-hydrogen) atoms. The van der Waals surface area contributed by atoms with Crippen LogP contribution in [0, 0.1) is 19.8 Å². The van der Waals surface area contributed by atoms with Gasteiger partial charge in [-0.05, 0) is 56.2 Å². The molecule has 0 saturated carbocycles. The van der Waals surface area contributed by atoms with Crippen molar-refractivity contribution in [2.24, 2.45) is 5.92 Å². The van der Waals surface area contributed by atoms with Crippen molar-refractivity contribution in [1.82, 2.24) is 19.7 Å². The van der Waals surface area contributed by atoms with Crippen LogP contribution >= 0.6 is 11.3 Å². The number of nitrogens with one attached hydrogen (secondary N) is 1. The topological polar surface area (TPSA) is 84.1 Å². The third-order valence-electron chi connectivity index (χ3n) is 5.11. The fourth-order valence-electron chi connectivity index (χ4n) is 3.70. The monoisotopic (exact) mass is 386 g/mol. The van der Waals surface area contributed by atoms with E-state index in [1.165, 1.54) is 11.3 Å². The molecule has 0 aromatic carbocycles. The lowest BCUT2D eigenvalue weighted by atomic mass is 9.93. The second-order valence-electron chi connectivity index (χ2n) is 7.00. The maximum absolute atomic E-state index is 12.7. The average molecular weight is 386 g/mol. The Morgan fingerprint density at radius 3 is 2.78 bits per heavy atom. The van der Waals surface area contributed by atoms with E-state index >= 15 is 0 Å². The molecule has 3 aromatic heterocycles. The van der Waals surface area contributed by atoms with Crippen molar-refractivity contribution in [2.45, 2.75) is 33.1 Å². The molecule has 0 aliphatic carbocycles. The first kappa shape index (κ1) is 17.8. The molecule has 1 amide bonds. The van der Waals surface area contributed by atoms with E-state index in [1.807, 2.05) is 42.3 Å². The Morgan fingerprint density at radius 2 is 2.15 bits per heavy atom. The smallest absolute Gasteiger partial charge is 0.348 e. The summed E-state index contributed by atoms with van der Waals surface area (Å²) in [5, 5.41) is 9.61. The number of furan rings is 1. The first-order chi connectivity index (χ1) is 13.0. The van der Waals surface area contributed by atoms with E-state index in [-0.39, 0.29) is 11.6 Å². The number of hydrogen-bond donors (Lipinski definition) is 1. The number of piperidine rings is 1. The molecular weight excluding hydrogens is 364 g/mol. The Morgan fingerprint density at radius 1 is 1.37 bits per heavy atom. The molecule has 3 aromatic rings. The van der Waals surface area contributed by atoms with Crippen LogP contribution in [0.15, 0.2) is 32.8 Å². The molecular formula is C19H22N4O3S. The number of rotatable bonds is 4. The van der Waals surface area contributed by atoms with Gasteiger partial charge in [0.2, 0.25) is 0 Å². The van der Waals surface area contributed by atoms with Crippen molar-refractivity contribution < 1.29 is 9.21 Å². The van der Waals surface area contributed by atoms with Crippen molar-refractivity contribution >= 4 is 17.2 Å². The van der Waals surface area contributed by atoms with Crippen LogP contribution in [0.1, 0.15) is 40.5 Å². The highest BCUT2D eigenvalue weighted by atomic mass is 32.1. The molecule has 1 aliphatic heterocycles. The summed E-state index contributed by atoms with van der Waals surface area (Å²) < 4.78 is 7.14. The molecule has 1 fully saturated rings. The molecule has 8 heteroatoms.